The van der Waals surface area contributed by atoms with Gasteiger partial charge in [-0.1, -0.05) is 12.1 Å². The monoisotopic (exact) mass is 418 g/mol. The third-order valence-corrected chi connectivity index (χ3v) is 5.34. The van der Waals surface area contributed by atoms with Gasteiger partial charge in [-0.2, -0.15) is 0 Å². The highest BCUT2D eigenvalue weighted by atomic mass is 16.5. The van der Waals surface area contributed by atoms with Gasteiger partial charge in [-0.3, -0.25) is 9.69 Å². The summed E-state index contributed by atoms with van der Waals surface area (Å²) in [5.74, 6) is 1.24. The third-order valence-electron chi connectivity index (χ3n) is 5.34. The number of fused-ring (bicyclic) bond motifs is 1. The fourth-order valence-corrected chi connectivity index (χ4v) is 3.73. The number of hydrogen-bond donors (Lipinski definition) is 0. The Morgan fingerprint density at radius 3 is 2.84 bits per heavy atom. The van der Waals surface area contributed by atoms with Crippen LogP contribution in [-0.2, 0) is 19.6 Å². The summed E-state index contributed by atoms with van der Waals surface area (Å²) in [7, 11) is 1.61. The predicted octanol–water partition coefficient (Wildman–Crippen LogP) is 3.79. The molecular formula is C24H26N4O3. The van der Waals surface area contributed by atoms with Crippen molar-refractivity contribution in [2.75, 3.05) is 13.7 Å². The molecule has 0 aliphatic rings. The zero-order valence-electron chi connectivity index (χ0n) is 17.8. The second-order valence-electron chi connectivity index (χ2n) is 7.53. The Morgan fingerprint density at radius 1 is 1.16 bits per heavy atom. The summed E-state index contributed by atoms with van der Waals surface area (Å²) < 4.78 is 13.3. The van der Waals surface area contributed by atoms with Crippen molar-refractivity contribution in [2.24, 2.45) is 0 Å². The third kappa shape index (κ3) is 5.00. The number of hydrogen-bond acceptors (Lipinski definition) is 6. The minimum atomic E-state index is 0.0336. The highest BCUT2D eigenvalue weighted by molar-refractivity contribution is 5.77. The summed E-state index contributed by atoms with van der Waals surface area (Å²) in [6.45, 7) is 4.72. The van der Waals surface area contributed by atoms with Crippen LogP contribution in [0.15, 0.2) is 70.5 Å². The van der Waals surface area contributed by atoms with Gasteiger partial charge in [0.05, 0.1) is 24.4 Å². The van der Waals surface area contributed by atoms with E-state index in [9.17, 15) is 4.79 Å². The van der Waals surface area contributed by atoms with E-state index in [0.29, 0.717) is 41.3 Å². The first-order valence-electron chi connectivity index (χ1n) is 10.3. The Labute approximate surface area is 180 Å². The van der Waals surface area contributed by atoms with E-state index in [0.717, 1.165) is 25.1 Å². The molecule has 4 rings (SSSR count). The maximum absolute atomic E-state index is 13.2. The first-order valence-corrected chi connectivity index (χ1v) is 10.3. The molecule has 0 aliphatic carbocycles. The van der Waals surface area contributed by atoms with Gasteiger partial charge < -0.3 is 13.7 Å². The number of rotatable bonds is 9. The van der Waals surface area contributed by atoms with E-state index in [1.54, 1.807) is 19.5 Å². The number of nitrogens with zero attached hydrogens (tertiary/aromatic N) is 4. The molecule has 0 unspecified atom stereocenters. The molecule has 3 heterocycles. The molecule has 0 amide bonds. The molecule has 0 saturated carbocycles. The zero-order chi connectivity index (χ0) is 21.6. The van der Waals surface area contributed by atoms with E-state index in [-0.39, 0.29) is 5.43 Å². The largest absolute Gasteiger partial charge is 0.481 e. The van der Waals surface area contributed by atoms with Crippen LogP contribution in [0.5, 0.6) is 5.88 Å². The summed E-state index contributed by atoms with van der Waals surface area (Å²) in [5, 5.41) is 0.618. The molecule has 0 atom stereocenters. The summed E-state index contributed by atoms with van der Waals surface area (Å²) in [4.78, 5) is 23.7. The topological polar surface area (TPSA) is 73.4 Å². The van der Waals surface area contributed by atoms with E-state index in [2.05, 4.69) is 19.4 Å². The van der Waals surface area contributed by atoms with Crippen LogP contribution in [0, 0.1) is 6.92 Å². The Bertz CT molecular complexity index is 1200. The smallest absolute Gasteiger partial charge is 0.213 e. The molecule has 3 aromatic heterocycles. The van der Waals surface area contributed by atoms with Gasteiger partial charge in [0.15, 0.2) is 5.43 Å². The fraction of sp³-hybridized carbons (Fsp3) is 0.292. The SMILES string of the molecule is COc1cc(CN(CCCn2ccnc2)Cc2c(C)oc3ccccc3c2=O)ccn1. The van der Waals surface area contributed by atoms with Gasteiger partial charge in [-0.05, 0) is 37.1 Å². The minimum Gasteiger partial charge on any atom is -0.481 e. The van der Waals surface area contributed by atoms with Crippen molar-refractivity contribution in [3.63, 3.8) is 0 Å². The molecule has 0 bridgehead atoms. The quantitative estimate of drug-likeness (QED) is 0.412. The van der Waals surface area contributed by atoms with Crippen LogP contribution in [0.25, 0.3) is 11.0 Å². The van der Waals surface area contributed by atoms with Crippen molar-refractivity contribution >= 4 is 11.0 Å². The van der Waals surface area contributed by atoms with Gasteiger partial charge in [-0.25, -0.2) is 9.97 Å². The molecule has 7 nitrogen and oxygen atoms in total. The summed E-state index contributed by atoms with van der Waals surface area (Å²) in [6, 6.07) is 11.3. The number of pyridine rings is 1. The van der Waals surface area contributed by atoms with Crippen molar-refractivity contribution < 1.29 is 9.15 Å². The summed E-state index contributed by atoms with van der Waals surface area (Å²) in [5.41, 5.74) is 2.44. The molecule has 4 aromatic rings. The molecule has 31 heavy (non-hydrogen) atoms. The number of para-hydroxylation sites is 1. The van der Waals surface area contributed by atoms with Crippen LogP contribution in [0.1, 0.15) is 23.3 Å². The van der Waals surface area contributed by atoms with Gasteiger partial charge >= 0.3 is 0 Å². The number of methoxy groups -OCH3 is 1. The lowest BCUT2D eigenvalue weighted by Crippen LogP contribution is -2.28. The molecular weight excluding hydrogens is 392 g/mol. The standard InChI is InChI=1S/C24H26N4O3/c1-18-21(24(29)20-6-3-4-7-22(20)31-18)16-28(12-5-11-27-13-10-25-17-27)15-19-8-9-26-23(14-19)30-2/h3-4,6-10,13-14,17H,5,11-12,15-16H2,1-2H3. The zero-order valence-corrected chi connectivity index (χ0v) is 17.8. The van der Waals surface area contributed by atoms with Crippen LogP contribution in [0.3, 0.4) is 0 Å². The van der Waals surface area contributed by atoms with E-state index < -0.39 is 0 Å². The summed E-state index contributed by atoms with van der Waals surface area (Å²) >= 11 is 0. The molecule has 0 N–H and O–H groups in total. The molecule has 0 radical (unpaired) electrons. The molecule has 7 heteroatoms. The molecule has 0 fully saturated rings. The number of imidazole rings is 1. The Kier molecular flexibility index (Phi) is 6.43. The van der Waals surface area contributed by atoms with Gasteiger partial charge in [-0.15, -0.1) is 0 Å². The lowest BCUT2D eigenvalue weighted by atomic mass is 10.1. The fourth-order valence-electron chi connectivity index (χ4n) is 3.73. The molecule has 0 aliphatic heterocycles. The van der Waals surface area contributed by atoms with E-state index in [1.807, 2.05) is 55.8 Å². The Hall–Kier alpha value is -3.45. The van der Waals surface area contributed by atoms with Crippen molar-refractivity contribution in [2.45, 2.75) is 33.0 Å². The predicted molar refractivity (Wildman–Crippen MR) is 119 cm³/mol. The van der Waals surface area contributed by atoms with Gasteiger partial charge in [0, 0.05) is 50.8 Å². The first kappa shape index (κ1) is 20.8. The minimum absolute atomic E-state index is 0.0336. The van der Waals surface area contributed by atoms with Gasteiger partial charge in [0.1, 0.15) is 11.3 Å². The lowest BCUT2D eigenvalue weighted by Gasteiger charge is -2.23. The average molecular weight is 418 g/mol. The van der Waals surface area contributed by atoms with Gasteiger partial charge in [0.25, 0.3) is 0 Å². The van der Waals surface area contributed by atoms with Crippen LogP contribution >= 0.6 is 0 Å². The number of aromatic nitrogens is 3. The Balaban J connectivity index is 1.58. The number of aryl methyl sites for hydroxylation is 2. The number of ether oxygens (including phenoxy) is 1. The van der Waals surface area contributed by atoms with Crippen molar-refractivity contribution in [3.05, 3.63) is 88.4 Å². The van der Waals surface area contributed by atoms with E-state index in [4.69, 9.17) is 9.15 Å². The second-order valence-corrected chi connectivity index (χ2v) is 7.53. The van der Waals surface area contributed by atoms with Crippen molar-refractivity contribution in [1.82, 2.24) is 19.4 Å². The van der Waals surface area contributed by atoms with E-state index in [1.165, 1.54) is 0 Å². The lowest BCUT2D eigenvalue weighted by molar-refractivity contribution is 0.244. The molecule has 160 valence electrons. The molecule has 0 spiro atoms. The van der Waals surface area contributed by atoms with Crippen molar-refractivity contribution in [3.8, 4) is 5.88 Å². The maximum atomic E-state index is 13.2. The van der Waals surface area contributed by atoms with Crippen LogP contribution in [0.4, 0.5) is 0 Å². The number of benzene rings is 1. The highest BCUT2D eigenvalue weighted by Gasteiger charge is 2.16. The molecule has 1 aromatic carbocycles. The maximum Gasteiger partial charge on any atom is 0.213 e. The average Bonchev–Trinajstić information content (AvgIpc) is 3.30. The normalized spacial score (nSPS) is 11.3. The summed E-state index contributed by atoms with van der Waals surface area (Å²) in [6.07, 6.45) is 8.23. The Morgan fingerprint density at radius 2 is 2.03 bits per heavy atom. The van der Waals surface area contributed by atoms with Crippen LogP contribution in [0.2, 0.25) is 0 Å². The first-order chi connectivity index (χ1) is 15.1. The van der Waals surface area contributed by atoms with Crippen LogP contribution < -0.4 is 10.2 Å². The second kappa shape index (κ2) is 9.57. The van der Waals surface area contributed by atoms with Crippen molar-refractivity contribution in [1.29, 1.82) is 0 Å². The highest BCUT2D eigenvalue weighted by Crippen LogP contribution is 2.18. The molecule has 0 saturated heterocycles. The van der Waals surface area contributed by atoms with Crippen LogP contribution in [-0.4, -0.2) is 33.1 Å². The van der Waals surface area contributed by atoms with E-state index >= 15 is 0 Å². The van der Waals surface area contributed by atoms with Gasteiger partial charge in [0.2, 0.25) is 5.88 Å².